The molecule has 0 aliphatic rings. The fourth-order valence-corrected chi connectivity index (χ4v) is 1.72. The zero-order chi connectivity index (χ0) is 12.8. The minimum absolute atomic E-state index is 0.128. The molecule has 1 aromatic carbocycles. The van der Waals surface area contributed by atoms with Crippen LogP contribution >= 0.6 is 0 Å². The van der Waals surface area contributed by atoms with Gasteiger partial charge < -0.3 is 10.6 Å². The number of nitrogens with zero attached hydrogens (tertiary/aromatic N) is 1. The number of hydrogen-bond acceptors (Lipinski definition) is 2. The van der Waals surface area contributed by atoms with Crippen molar-refractivity contribution in [3.8, 4) is 0 Å². The van der Waals surface area contributed by atoms with Gasteiger partial charge >= 0.3 is 0 Å². The first-order valence-electron chi connectivity index (χ1n) is 6.09. The molecule has 0 radical (unpaired) electrons. The minimum Gasteiger partial charge on any atom is -0.336 e. The summed E-state index contributed by atoms with van der Waals surface area (Å²) in [5.41, 5.74) is 7.83. The van der Waals surface area contributed by atoms with E-state index in [4.69, 9.17) is 5.73 Å². The van der Waals surface area contributed by atoms with E-state index in [-0.39, 0.29) is 11.9 Å². The Balaban J connectivity index is 2.73. The van der Waals surface area contributed by atoms with E-state index in [1.807, 2.05) is 18.7 Å². The lowest BCUT2D eigenvalue weighted by Crippen LogP contribution is -2.37. The number of hydrogen-bond donors (Lipinski definition) is 1. The average molecular weight is 234 g/mol. The summed E-state index contributed by atoms with van der Waals surface area (Å²) < 4.78 is 0. The first kappa shape index (κ1) is 13.7. The van der Waals surface area contributed by atoms with Gasteiger partial charge in [-0.25, -0.2) is 0 Å². The van der Waals surface area contributed by atoms with Gasteiger partial charge in [-0.1, -0.05) is 29.8 Å². The Bertz CT molecular complexity index is 357. The second-order valence-electron chi connectivity index (χ2n) is 4.64. The fraction of sp³-hybridized carbons (Fsp3) is 0.500. The molecule has 2 N–H and O–H groups in total. The van der Waals surface area contributed by atoms with Crippen molar-refractivity contribution in [2.24, 2.45) is 5.73 Å². The lowest BCUT2D eigenvalue weighted by Gasteiger charge is -2.27. The molecule has 17 heavy (non-hydrogen) atoms. The number of nitrogens with two attached hydrogens (primary N) is 1. The van der Waals surface area contributed by atoms with Crippen molar-refractivity contribution in [2.75, 3.05) is 6.54 Å². The van der Waals surface area contributed by atoms with E-state index < -0.39 is 0 Å². The second-order valence-corrected chi connectivity index (χ2v) is 4.64. The summed E-state index contributed by atoms with van der Waals surface area (Å²) >= 11 is 0. The maximum atomic E-state index is 11.9. The van der Waals surface area contributed by atoms with Crippen molar-refractivity contribution in [1.82, 2.24) is 4.90 Å². The zero-order valence-electron chi connectivity index (χ0n) is 10.9. The van der Waals surface area contributed by atoms with Crippen LogP contribution in [0.3, 0.4) is 0 Å². The molecule has 94 valence electrons. The highest BCUT2D eigenvalue weighted by Crippen LogP contribution is 2.11. The standard InChI is InChI=1S/C14H22N2O/c1-11(2)16(14(17)8-9-15)10-13-6-4-12(3)5-7-13/h4-7,11H,8-10,15H2,1-3H3. The van der Waals surface area contributed by atoms with Gasteiger partial charge in [-0.05, 0) is 26.3 Å². The van der Waals surface area contributed by atoms with Crippen molar-refractivity contribution in [3.63, 3.8) is 0 Å². The van der Waals surface area contributed by atoms with Crippen molar-refractivity contribution in [2.45, 2.75) is 39.8 Å². The van der Waals surface area contributed by atoms with E-state index >= 15 is 0 Å². The third-order valence-electron chi connectivity index (χ3n) is 2.78. The predicted octanol–water partition coefficient (Wildman–Crippen LogP) is 2.08. The van der Waals surface area contributed by atoms with Crippen LogP contribution in [0.5, 0.6) is 0 Å². The highest BCUT2D eigenvalue weighted by atomic mass is 16.2. The summed E-state index contributed by atoms with van der Waals surface area (Å²) in [5.74, 6) is 0.128. The van der Waals surface area contributed by atoms with Crippen molar-refractivity contribution in [1.29, 1.82) is 0 Å². The van der Waals surface area contributed by atoms with Crippen LogP contribution in [0.25, 0.3) is 0 Å². The van der Waals surface area contributed by atoms with Gasteiger partial charge in [0, 0.05) is 25.6 Å². The predicted molar refractivity (Wildman–Crippen MR) is 70.5 cm³/mol. The normalized spacial score (nSPS) is 10.6. The molecule has 3 nitrogen and oxygen atoms in total. The number of aryl methyl sites for hydroxylation is 1. The average Bonchev–Trinajstić information content (AvgIpc) is 2.28. The molecule has 0 aromatic heterocycles. The quantitative estimate of drug-likeness (QED) is 0.848. The van der Waals surface area contributed by atoms with Gasteiger partial charge in [0.1, 0.15) is 0 Å². The Morgan fingerprint density at radius 3 is 2.35 bits per heavy atom. The second kappa shape index (κ2) is 6.40. The third-order valence-corrected chi connectivity index (χ3v) is 2.78. The van der Waals surface area contributed by atoms with Crippen molar-refractivity contribution in [3.05, 3.63) is 35.4 Å². The molecule has 0 atom stereocenters. The van der Waals surface area contributed by atoms with Crippen LogP contribution in [-0.2, 0) is 11.3 Å². The van der Waals surface area contributed by atoms with E-state index in [9.17, 15) is 4.79 Å². The van der Waals surface area contributed by atoms with E-state index in [1.54, 1.807) is 0 Å². The fourth-order valence-electron chi connectivity index (χ4n) is 1.72. The molecular formula is C14H22N2O. The highest BCUT2D eigenvalue weighted by molar-refractivity contribution is 5.76. The molecule has 0 aliphatic heterocycles. The molecular weight excluding hydrogens is 212 g/mol. The van der Waals surface area contributed by atoms with Crippen molar-refractivity contribution >= 4 is 5.91 Å². The molecule has 0 unspecified atom stereocenters. The van der Waals surface area contributed by atoms with Crippen LogP contribution in [0.1, 0.15) is 31.4 Å². The summed E-state index contributed by atoms with van der Waals surface area (Å²) in [6, 6.07) is 8.49. The number of benzene rings is 1. The SMILES string of the molecule is Cc1ccc(CN(C(=O)CCN)C(C)C)cc1. The topological polar surface area (TPSA) is 46.3 Å². The largest absolute Gasteiger partial charge is 0.336 e. The number of amides is 1. The van der Waals surface area contributed by atoms with Crippen LogP contribution < -0.4 is 5.73 Å². The van der Waals surface area contributed by atoms with Crippen LogP contribution in [0, 0.1) is 6.92 Å². The summed E-state index contributed by atoms with van der Waals surface area (Å²) in [6.45, 7) is 7.20. The molecule has 0 heterocycles. The van der Waals surface area contributed by atoms with Crippen LogP contribution in [0.2, 0.25) is 0 Å². The van der Waals surface area contributed by atoms with E-state index in [2.05, 4.69) is 31.2 Å². The minimum atomic E-state index is 0.128. The Morgan fingerprint density at radius 2 is 1.88 bits per heavy atom. The van der Waals surface area contributed by atoms with Gasteiger partial charge in [-0.2, -0.15) is 0 Å². The van der Waals surface area contributed by atoms with Gasteiger partial charge in [0.05, 0.1) is 0 Å². The summed E-state index contributed by atoms with van der Waals surface area (Å²) in [7, 11) is 0. The van der Waals surface area contributed by atoms with E-state index in [0.717, 1.165) is 5.56 Å². The Labute approximate surface area is 104 Å². The molecule has 1 rings (SSSR count). The number of carbonyl (C=O) groups excluding carboxylic acids is 1. The first-order chi connectivity index (χ1) is 8.04. The molecule has 3 heteroatoms. The third kappa shape index (κ3) is 4.19. The Kier molecular flexibility index (Phi) is 5.16. The monoisotopic (exact) mass is 234 g/mol. The number of rotatable bonds is 5. The summed E-state index contributed by atoms with van der Waals surface area (Å²) in [4.78, 5) is 13.8. The van der Waals surface area contributed by atoms with Gasteiger partial charge in [0.25, 0.3) is 0 Å². The summed E-state index contributed by atoms with van der Waals surface area (Å²) in [5, 5.41) is 0. The molecule has 0 saturated heterocycles. The van der Waals surface area contributed by atoms with E-state index in [0.29, 0.717) is 19.5 Å². The molecule has 0 fully saturated rings. The van der Waals surface area contributed by atoms with Gasteiger partial charge in [0.15, 0.2) is 0 Å². The highest BCUT2D eigenvalue weighted by Gasteiger charge is 2.16. The van der Waals surface area contributed by atoms with Gasteiger partial charge in [-0.3, -0.25) is 4.79 Å². The van der Waals surface area contributed by atoms with Crippen LogP contribution in [0.15, 0.2) is 24.3 Å². The van der Waals surface area contributed by atoms with Gasteiger partial charge in [0.2, 0.25) is 5.91 Å². The maximum absolute atomic E-state index is 11.9. The van der Waals surface area contributed by atoms with E-state index in [1.165, 1.54) is 5.56 Å². The van der Waals surface area contributed by atoms with Crippen molar-refractivity contribution < 1.29 is 4.79 Å². The lowest BCUT2D eigenvalue weighted by atomic mass is 10.1. The van der Waals surface area contributed by atoms with Gasteiger partial charge in [-0.15, -0.1) is 0 Å². The van der Waals surface area contributed by atoms with Crippen LogP contribution in [0.4, 0.5) is 0 Å². The zero-order valence-corrected chi connectivity index (χ0v) is 10.9. The Hall–Kier alpha value is -1.35. The molecule has 0 saturated carbocycles. The molecule has 0 spiro atoms. The van der Waals surface area contributed by atoms with Crippen LogP contribution in [-0.4, -0.2) is 23.4 Å². The summed E-state index contributed by atoms with van der Waals surface area (Å²) in [6.07, 6.45) is 0.421. The molecule has 0 aliphatic carbocycles. The smallest absolute Gasteiger partial charge is 0.224 e. The molecule has 1 amide bonds. The molecule has 1 aromatic rings. The first-order valence-corrected chi connectivity index (χ1v) is 6.09. The maximum Gasteiger partial charge on any atom is 0.224 e. The molecule has 0 bridgehead atoms. The lowest BCUT2D eigenvalue weighted by molar-refractivity contribution is -0.133. The Morgan fingerprint density at radius 1 is 1.29 bits per heavy atom. The number of carbonyl (C=O) groups is 1.